The summed E-state index contributed by atoms with van der Waals surface area (Å²) in [4.78, 5) is 15.5. The van der Waals surface area contributed by atoms with E-state index in [0.29, 0.717) is 0 Å². The van der Waals surface area contributed by atoms with E-state index in [1.54, 1.807) is 5.32 Å². The lowest BCUT2D eigenvalue weighted by molar-refractivity contribution is 0.102. The molecule has 1 heterocycles. The van der Waals surface area contributed by atoms with E-state index in [0.717, 1.165) is 0 Å². The van der Waals surface area contributed by atoms with Crippen LogP contribution in [0.4, 0.5) is 23.2 Å². The fraction of sp³-hybridized carbons (Fsp3) is 0. The molecule has 0 saturated heterocycles. The third-order valence-electron chi connectivity index (χ3n) is 2.32. The number of nitrogens with one attached hydrogen (secondary N) is 1. The summed E-state index contributed by atoms with van der Waals surface area (Å²) >= 11 is 3.02. The summed E-state index contributed by atoms with van der Waals surface area (Å²) in [5, 5.41) is 1.76. The maximum absolute atomic E-state index is 13.4. The average molecular weight is 349 g/mol. The van der Waals surface area contributed by atoms with Crippen LogP contribution < -0.4 is 5.32 Å². The second-order valence-corrected chi connectivity index (χ2v) is 4.49. The zero-order valence-electron chi connectivity index (χ0n) is 9.55. The molecule has 3 nitrogen and oxygen atoms in total. The number of hydrogen-bond acceptors (Lipinski definition) is 2. The number of anilines is 1. The molecular formula is C12H5BrF4N2O. The Bertz CT molecular complexity index is 667. The van der Waals surface area contributed by atoms with Crippen molar-refractivity contribution >= 4 is 27.5 Å². The second kappa shape index (κ2) is 5.58. The lowest BCUT2D eigenvalue weighted by atomic mass is 10.2. The molecule has 0 spiro atoms. The van der Waals surface area contributed by atoms with Gasteiger partial charge in [-0.05, 0) is 28.1 Å². The molecule has 1 aromatic heterocycles. The molecule has 1 amide bonds. The van der Waals surface area contributed by atoms with Crippen LogP contribution in [0.3, 0.4) is 0 Å². The van der Waals surface area contributed by atoms with E-state index in [1.165, 1.54) is 18.3 Å². The van der Waals surface area contributed by atoms with Gasteiger partial charge in [-0.15, -0.1) is 0 Å². The van der Waals surface area contributed by atoms with E-state index < -0.39 is 34.9 Å². The molecule has 0 fully saturated rings. The van der Waals surface area contributed by atoms with Crippen molar-refractivity contribution in [1.82, 2.24) is 4.98 Å². The Labute approximate surface area is 118 Å². The van der Waals surface area contributed by atoms with Crippen LogP contribution in [0, 0.1) is 23.3 Å². The summed E-state index contributed by atoms with van der Waals surface area (Å²) in [5.74, 6) is -7.62. The number of carbonyl (C=O) groups is 1. The largest absolute Gasteiger partial charge is 0.315 e. The van der Waals surface area contributed by atoms with Crippen molar-refractivity contribution in [2.24, 2.45) is 0 Å². The van der Waals surface area contributed by atoms with Crippen molar-refractivity contribution in [2.45, 2.75) is 0 Å². The summed E-state index contributed by atoms with van der Waals surface area (Å²) in [7, 11) is 0. The lowest BCUT2D eigenvalue weighted by Crippen LogP contribution is -2.17. The highest BCUT2D eigenvalue weighted by molar-refractivity contribution is 9.10. The normalized spacial score (nSPS) is 10.4. The van der Waals surface area contributed by atoms with Gasteiger partial charge in [-0.3, -0.25) is 4.79 Å². The Morgan fingerprint density at radius 1 is 1.15 bits per heavy atom. The van der Waals surface area contributed by atoms with E-state index in [4.69, 9.17) is 0 Å². The van der Waals surface area contributed by atoms with Gasteiger partial charge in [0.1, 0.15) is 11.4 Å². The van der Waals surface area contributed by atoms with Gasteiger partial charge in [-0.25, -0.2) is 22.5 Å². The van der Waals surface area contributed by atoms with Gasteiger partial charge in [0.05, 0.1) is 0 Å². The minimum atomic E-state index is -1.69. The molecule has 104 valence electrons. The van der Waals surface area contributed by atoms with Gasteiger partial charge in [0, 0.05) is 16.7 Å². The molecular weight excluding hydrogens is 344 g/mol. The molecule has 0 radical (unpaired) electrons. The van der Waals surface area contributed by atoms with Gasteiger partial charge in [-0.2, -0.15) is 0 Å². The number of amides is 1. The Hall–Kier alpha value is -1.96. The number of pyridine rings is 1. The Morgan fingerprint density at radius 2 is 1.75 bits per heavy atom. The molecule has 0 saturated carbocycles. The minimum absolute atomic E-state index is 0.0526. The van der Waals surface area contributed by atoms with Crippen LogP contribution in [-0.4, -0.2) is 10.9 Å². The van der Waals surface area contributed by atoms with Crippen LogP contribution in [0.25, 0.3) is 0 Å². The molecule has 1 N–H and O–H groups in total. The zero-order valence-corrected chi connectivity index (χ0v) is 11.1. The number of aromatic nitrogens is 1. The Kier molecular flexibility index (Phi) is 4.03. The van der Waals surface area contributed by atoms with Crippen LogP contribution in [0.15, 0.2) is 28.9 Å². The molecule has 0 aliphatic rings. The van der Waals surface area contributed by atoms with Crippen LogP contribution >= 0.6 is 15.9 Å². The minimum Gasteiger partial charge on any atom is -0.315 e. The number of nitrogens with zero attached hydrogens (tertiary/aromatic N) is 1. The molecule has 8 heteroatoms. The maximum atomic E-state index is 13.4. The maximum Gasteiger partial charge on any atom is 0.275 e. The molecule has 2 aromatic rings. The molecule has 0 atom stereocenters. The van der Waals surface area contributed by atoms with E-state index in [1.807, 2.05) is 0 Å². The average Bonchev–Trinajstić information content (AvgIpc) is 2.41. The summed E-state index contributed by atoms with van der Waals surface area (Å²) in [6.07, 6.45) is 1.28. The van der Waals surface area contributed by atoms with Crippen LogP contribution in [0.2, 0.25) is 0 Å². The molecule has 20 heavy (non-hydrogen) atoms. The SMILES string of the molecule is O=C(Nc1c(F)c(F)cc(F)c1F)c1ncccc1Br. The quantitative estimate of drug-likeness (QED) is 0.664. The summed E-state index contributed by atoms with van der Waals surface area (Å²) in [5.41, 5.74) is -1.39. The van der Waals surface area contributed by atoms with E-state index in [9.17, 15) is 22.4 Å². The highest BCUT2D eigenvalue weighted by Gasteiger charge is 2.22. The first-order valence-corrected chi connectivity index (χ1v) is 5.96. The van der Waals surface area contributed by atoms with Crippen LogP contribution in [0.5, 0.6) is 0 Å². The summed E-state index contributed by atoms with van der Waals surface area (Å²) < 4.78 is 53.0. The van der Waals surface area contributed by atoms with Gasteiger partial charge < -0.3 is 5.32 Å². The number of hydrogen-bond donors (Lipinski definition) is 1. The first kappa shape index (κ1) is 14.4. The molecule has 1 aromatic carbocycles. The van der Waals surface area contributed by atoms with E-state index in [2.05, 4.69) is 20.9 Å². The van der Waals surface area contributed by atoms with Gasteiger partial charge in [0.25, 0.3) is 5.91 Å². The molecule has 0 aliphatic heterocycles. The summed E-state index contributed by atoms with van der Waals surface area (Å²) in [6, 6.07) is 3.04. The van der Waals surface area contributed by atoms with Gasteiger partial charge in [0.2, 0.25) is 0 Å². The third-order valence-corrected chi connectivity index (χ3v) is 2.96. The Morgan fingerprint density at radius 3 is 2.30 bits per heavy atom. The highest BCUT2D eigenvalue weighted by Crippen LogP contribution is 2.25. The van der Waals surface area contributed by atoms with Crippen molar-refractivity contribution in [3.63, 3.8) is 0 Å². The fourth-order valence-electron chi connectivity index (χ4n) is 1.41. The predicted octanol–water partition coefficient (Wildman–Crippen LogP) is 3.65. The molecule has 0 bridgehead atoms. The third kappa shape index (κ3) is 2.64. The highest BCUT2D eigenvalue weighted by atomic mass is 79.9. The number of benzene rings is 1. The number of halogens is 5. The Balaban J connectivity index is 2.41. The van der Waals surface area contributed by atoms with Crippen LogP contribution in [-0.2, 0) is 0 Å². The van der Waals surface area contributed by atoms with Gasteiger partial charge in [0.15, 0.2) is 23.3 Å². The van der Waals surface area contributed by atoms with Crippen LogP contribution in [0.1, 0.15) is 10.5 Å². The van der Waals surface area contributed by atoms with Crippen molar-refractivity contribution in [3.05, 3.63) is 57.8 Å². The monoisotopic (exact) mass is 348 g/mol. The van der Waals surface area contributed by atoms with Gasteiger partial charge >= 0.3 is 0 Å². The number of rotatable bonds is 2. The van der Waals surface area contributed by atoms with E-state index in [-0.39, 0.29) is 16.2 Å². The van der Waals surface area contributed by atoms with Crippen molar-refractivity contribution in [2.75, 3.05) is 5.32 Å². The first-order valence-electron chi connectivity index (χ1n) is 5.16. The standard InChI is InChI=1S/C12H5BrF4N2O/c13-5-2-1-3-18-10(5)12(20)19-11-8(16)6(14)4-7(15)9(11)17/h1-4H,(H,19,20). The van der Waals surface area contributed by atoms with Gasteiger partial charge in [-0.1, -0.05) is 0 Å². The predicted molar refractivity (Wildman–Crippen MR) is 66.2 cm³/mol. The molecule has 2 rings (SSSR count). The van der Waals surface area contributed by atoms with E-state index >= 15 is 0 Å². The second-order valence-electron chi connectivity index (χ2n) is 3.63. The molecule has 0 unspecified atom stereocenters. The lowest BCUT2D eigenvalue weighted by Gasteiger charge is -2.09. The smallest absolute Gasteiger partial charge is 0.275 e. The van der Waals surface area contributed by atoms with Crippen molar-refractivity contribution < 1.29 is 22.4 Å². The topological polar surface area (TPSA) is 42.0 Å². The first-order chi connectivity index (χ1) is 9.41. The molecule has 0 aliphatic carbocycles. The number of carbonyl (C=O) groups excluding carboxylic acids is 1. The van der Waals surface area contributed by atoms with Crippen molar-refractivity contribution in [3.8, 4) is 0 Å². The fourth-order valence-corrected chi connectivity index (χ4v) is 1.84. The zero-order chi connectivity index (χ0) is 14.9. The van der Waals surface area contributed by atoms with Crippen molar-refractivity contribution in [1.29, 1.82) is 0 Å². The summed E-state index contributed by atoms with van der Waals surface area (Å²) in [6.45, 7) is 0.